The quantitative estimate of drug-likeness (QED) is 0.696. The first-order valence-corrected chi connectivity index (χ1v) is 7.16. The van der Waals surface area contributed by atoms with Crippen LogP contribution in [0.3, 0.4) is 0 Å². The van der Waals surface area contributed by atoms with E-state index in [9.17, 15) is 13.2 Å². The molecule has 5 nitrogen and oxygen atoms in total. The van der Waals surface area contributed by atoms with Crippen LogP contribution in [0, 0.1) is 0 Å². The molecular weight excluding hydrogens is 230 g/mol. The van der Waals surface area contributed by atoms with Crippen LogP contribution in [0.15, 0.2) is 0 Å². The van der Waals surface area contributed by atoms with Crippen molar-refractivity contribution in [3.05, 3.63) is 0 Å². The summed E-state index contributed by atoms with van der Waals surface area (Å²) in [4.78, 5) is 13.1. The van der Waals surface area contributed by atoms with Crippen molar-refractivity contribution in [2.24, 2.45) is 0 Å². The molecule has 0 aromatic heterocycles. The van der Waals surface area contributed by atoms with Gasteiger partial charge in [0.25, 0.3) is 0 Å². The summed E-state index contributed by atoms with van der Waals surface area (Å²) in [6, 6.07) is -0.301. The van der Waals surface area contributed by atoms with Gasteiger partial charge in [0.1, 0.15) is 5.60 Å². The number of hydrogen-bond donors (Lipinski definition) is 0. The van der Waals surface area contributed by atoms with E-state index in [1.807, 2.05) is 0 Å². The molecule has 16 heavy (non-hydrogen) atoms. The van der Waals surface area contributed by atoms with Gasteiger partial charge in [0.2, 0.25) is 0 Å². The monoisotopic (exact) mass is 249 g/mol. The van der Waals surface area contributed by atoms with Crippen molar-refractivity contribution in [1.82, 2.24) is 4.90 Å². The summed E-state index contributed by atoms with van der Waals surface area (Å²) in [6.45, 7) is 7.30. The van der Waals surface area contributed by atoms with Crippen LogP contribution in [-0.2, 0) is 14.6 Å². The van der Waals surface area contributed by atoms with E-state index in [0.717, 1.165) is 0 Å². The maximum absolute atomic E-state index is 11.6. The standard InChI is InChI=1S/C10H19NO4S/c1-7-8(16(5,13)14)6-11(7)9(12)15-10(2,3)4/h7-8H,6H2,1-5H3. The van der Waals surface area contributed by atoms with Crippen LogP contribution < -0.4 is 0 Å². The molecule has 0 aromatic carbocycles. The van der Waals surface area contributed by atoms with Gasteiger partial charge in [-0.05, 0) is 27.7 Å². The molecule has 1 saturated heterocycles. The summed E-state index contributed by atoms with van der Waals surface area (Å²) in [5, 5.41) is -0.458. The SMILES string of the molecule is CC1C(S(C)(=O)=O)CN1C(=O)OC(C)(C)C. The Morgan fingerprint density at radius 2 is 1.88 bits per heavy atom. The largest absolute Gasteiger partial charge is 0.444 e. The number of carbonyl (C=O) groups is 1. The van der Waals surface area contributed by atoms with Crippen LogP contribution in [0.2, 0.25) is 0 Å². The van der Waals surface area contributed by atoms with Gasteiger partial charge >= 0.3 is 6.09 Å². The second-order valence-electron chi connectivity index (χ2n) is 5.24. The first-order valence-electron chi connectivity index (χ1n) is 5.21. The third-order valence-corrected chi connectivity index (χ3v) is 4.23. The van der Waals surface area contributed by atoms with Crippen molar-refractivity contribution in [3.63, 3.8) is 0 Å². The first kappa shape index (κ1) is 13.3. The Bertz CT molecular complexity index is 382. The van der Waals surface area contributed by atoms with E-state index in [-0.39, 0.29) is 12.6 Å². The Morgan fingerprint density at radius 1 is 1.38 bits per heavy atom. The highest BCUT2D eigenvalue weighted by Gasteiger charge is 2.46. The molecule has 1 aliphatic heterocycles. The van der Waals surface area contributed by atoms with E-state index in [0.29, 0.717) is 0 Å². The Kier molecular flexibility index (Phi) is 3.24. The minimum atomic E-state index is -3.07. The third-order valence-electron chi connectivity index (χ3n) is 2.58. The number of amides is 1. The summed E-state index contributed by atoms with van der Waals surface area (Å²) in [5.74, 6) is 0. The van der Waals surface area contributed by atoms with Crippen LogP contribution in [0.4, 0.5) is 4.79 Å². The van der Waals surface area contributed by atoms with Crippen LogP contribution in [-0.4, -0.2) is 49.1 Å². The highest BCUT2D eigenvalue weighted by atomic mass is 32.2. The molecule has 0 saturated carbocycles. The van der Waals surface area contributed by atoms with Gasteiger partial charge in [0, 0.05) is 12.8 Å². The van der Waals surface area contributed by atoms with Crippen molar-refractivity contribution < 1.29 is 17.9 Å². The second kappa shape index (κ2) is 3.91. The molecule has 2 atom stereocenters. The lowest BCUT2D eigenvalue weighted by Gasteiger charge is -2.44. The molecular formula is C10H19NO4S. The average Bonchev–Trinajstić information content (AvgIpc) is 1.94. The van der Waals surface area contributed by atoms with E-state index in [4.69, 9.17) is 4.74 Å². The Labute approximate surface area is 96.7 Å². The lowest BCUT2D eigenvalue weighted by Crippen LogP contribution is -2.63. The summed E-state index contributed by atoms with van der Waals surface area (Å²) >= 11 is 0. The van der Waals surface area contributed by atoms with Crippen LogP contribution in [0.5, 0.6) is 0 Å². The molecule has 1 aliphatic rings. The van der Waals surface area contributed by atoms with Crippen molar-refractivity contribution in [3.8, 4) is 0 Å². The van der Waals surface area contributed by atoms with Gasteiger partial charge in [-0.25, -0.2) is 13.2 Å². The van der Waals surface area contributed by atoms with Gasteiger partial charge in [0.15, 0.2) is 9.84 Å². The maximum atomic E-state index is 11.6. The van der Waals surface area contributed by atoms with Gasteiger partial charge in [-0.2, -0.15) is 0 Å². The van der Waals surface area contributed by atoms with E-state index in [1.54, 1.807) is 27.7 Å². The predicted molar refractivity (Wildman–Crippen MR) is 61.0 cm³/mol. The van der Waals surface area contributed by atoms with E-state index in [1.165, 1.54) is 11.2 Å². The zero-order valence-electron chi connectivity index (χ0n) is 10.4. The van der Waals surface area contributed by atoms with E-state index >= 15 is 0 Å². The summed E-state index contributed by atoms with van der Waals surface area (Å²) in [5.41, 5.74) is -0.549. The topological polar surface area (TPSA) is 63.7 Å². The van der Waals surface area contributed by atoms with Crippen LogP contribution in [0.1, 0.15) is 27.7 Å². The zero-order chi connectivity index (χ0) is 12.7. The summed E-state index contributed by atoms with van der Waals surface area (Å²) in [7, 11) is -3.07. The molecule has 1 amide bonds. The van der Waals surface area contributed by atoms with Gasteiger partial charge in [-0.3, -0.25) is 0 Å². The van der Waals surface area contributed by atoms with Crippen molar-refractivity contribution >= 4 is 15.9 Å². The molecule has 0 N–H and O–H groups in total. The second-order valence-corrected chi connectivity index (χ2v) is 7.51. The Morgan fingerprint density at radius 3 is 2.19 bits per heavy atom. The average molecular weight is 249 g/mol. The highest BCUT2D eigenvalue weighted by molar-refractivity contribution is 7.91. The maximum Gasteiger partial charge on any atom is 0.410 e. The lowest BCUT2D eigenvalue weighted by atomic mass is 10.1. The van der Waals surface area contributed by atoms with Crippen molar-refractivity contribution in [1.29, 1.82) is 0 Å². The van der Waals surface area contributed by atoms with Gasteiger partial charge in [0.05, 0.1) is 11.3 Å². The molecule has 0 spiro atoms. The van der Waals surface area contributed by atoms with Gasteiger partial charge < -0.3 is 9.64 Å². The molecule has 0 bridgehead atoms. The molecule has 6 heteroatoms. The van der Waals surface area contributed by atoms with Crippen molar-refractivity contribution in [2.75, 3.05) is 12.8 Å². The normalized spacial score (nSPS) is 26.2. The summed E-state index contributed by atoms with van der Waals surface area (Å²) in [6.07, 6.45) is 0.751. The lowest BCUT2D eigenvalue weighted by molar-refractivity contribution is -0.000285. The molecule has 0 aliphatic carbocycles. The molecule has 1 heterocycles. The fourth-order valence-electron chi connectivity index (χ4n) is 1.63. The third kappa shape index (κ3) is 2.87. The van der Waals surface area contributed by atoms with Gasteiger partial charge in [-0.15, -0.1) is 0 Å². The van der Waals surface area contributed by atoms with E-state index < -0.39 is 26.8 Å². The number of ether oxygens (including phenoxy) is 1. The van der Waals surface area contributed by atoms with E-state index in [2.05, 4.69) is 0 Å². The Balaban J connectivity index is 2.60. The molecule has 1 rings (SSSR count). The number of likely N-dealkylation sites (tertiary alicyclic amines) is 1. The molecule has 0 aromatic rings. The number of hydrogen-bond acceptors (Lipinski definition) is 4. The summed E-state index contributed by atoms with van der Waals surface area (Å²) < 4.78 is 27.8. The van der Waals surface area contributed by atoms with Crippen molar-refractivity contribution in [2.45, 2.75) is 44.6 Å². The zero-order valence-corrected chi connectivity index (χ0v) is 11.2. The smallest absolute Gasteiger partial charge is 0.410 e. The highest BCUT2D eigenvalue weighted by Crippen LogP contribution is 2.26. The minimum Gasteiger partial charge on any atom is -0.444 e. The fourth-order valence-corrected chi connectivity index (χ4v) is 2.92. The van der Waals surface area contributed by atoms with Crippen LogP contribution in [0.25, 0.3) is 0 Å². The number of rotatable bonds is 1. The Hall–Kier alpha value is -0.780. The molecule has 1 fully saturated rings. The predicted octanol–water partition coefficient (Wildman–Crippen LogP) is 1.04. The number of sulfone groups is 1. The van der Waals surface area contributed by atoms with Crippen LogP contribution >= 0.6 is 0 Å². The number of carbonyl (C=O) groups excluding carboxylic acids is 1. The first-order chi connectivity index (χ1) is 7.02. The number of nitrogens with zero attached hydrogens (tertiary/aromatic N) is 1. The molecule has 0 radical (unpaired) electrons. The van der Waals surface area contributed by atoms with Gasteiger partial charge in [-0.1, -0.05) is 0 Å². The molecule has 94 valence electrons. The molecule has 2 unspecified atom stereocenters. The fraction of sp³-hybridized carbons (Fsp3) is 0.900. The minimum absolute atomic E-state index is 0.231.